The molecule has 0 aliphatic carbocycles. The molecule has 0 N–H and O–H groups in total. The zero-order valence-corrected chi connectivity index (χ0v) is 10.2. The maximum Gasteiger partial charge on any atom is 0.159 e. The van der Waals surface area contributed by atoms with Crippen LogP contribution in [-0.4, -0.2) is 25.0 Å². The van der Waals surface area contributed by atoms with Crippen molar-refractivity contribution in [1.29, 1.82) is 0 Å². The summed E-state index contributed by atoms with van der Waals surface area (Å²) in [4.78, 5) is 13.5. The van der Waals surface area contributed by atoms with Crippen LogP contribution in [0.1, 0.15) is 36.5 Å². The zero-order chi connectivity index (χ0) is 12.3. The Morgan fingerprint density at radius 3 is 2.94 bits per heavy atom. The van der Waals surface area contributed by atoms with Crippen LogP contribution in [0.15, 0.2) is 24.3 Å². The molecule has 1 fully saturated rings. The van der Waals surface area contributed by atoms with Gasteiger partial charge in [-0.25, -0.2) is 4.39 Å². The molecule has 0 aromatic heterocycles. The SMILES string of the molecule is CC(=O)c1cccc(N2CCCC(F)CC2)c1. The fourth-order valence-corrected chi connectivity index (χ4v) is 2.24. The molecule has 1 aliphatic heterocycles. The van der Waals surface area contributed by atoms with Gasteiger partial charge in [0.05, 0.1) is 0 Å². The topological polar surface area (TPSA) is 20.3 Å². The summed E-state index contributed by atoms with van der Waals surface area (Å²) < 4.78 is 13.3. The van der Waals surface area contributed by atoms with E-state index in [1.54, 1.807) is 6.92 Å². The smallest absolute Gasteiger partial charge is 0.159 e. The van der Waals surface area contributed by atoms with Crippen LogP contribution in [0.2, 0.25) is 0 Å². The first kappa shape index (κ1) is 12.1. The predicted octanol–water partition coefficient (Wildman–Crippen LogP) is 3.22. The third-order valence-electron chi connectivity index (χ3n) is 3.28. The van der Waals surface area contributed by atoms with Gasteiger partial charge in [-0.05, 0) is 38.3 Å². The average Bonchev–Trinajstić information content (AvgIpc) is 2.54. The highest BCUT2D eigenvalue weighted by Crippen LogP contribution is 2.22. The molecule has 92 valence electrons. The summed E-state index contributed by atoms with van der Waals surface area (Å²) in [6.07, 6.45) is 1.45. The molecule has 1 aromatic carbocycles. The zero-order valence-electron chi connectivity index (χ0n) is 10.2. The molecule has 0 amide bonds. The van der Waals surface area contributed by atoms with Crippen LogP contribution in [0.4, 0.5) is 10.1 Å². The minimum Gasteiger partial charge on any atom is -0.371 e. The van der Waals surface area contributed by atoms with Gasteiger partial charge in [0.25, 0.3) is 0 Å². The van der Waals surface area contributed by atoms with Crippen LogP contribution in [0.25, 0.3) is 0 Å². The lowest BCUT2D eigenvalue weighted by molar-refractivity contribution is 0.101. The first-order valence-corrected chi connectivity index (χ1v) is 6.17. The molecular weight excluding hydrogens is 217 g/mol. The van der Waals surface area contributed by atoms with Gasteiger partial charge in [-0.15, -0.1) is 0 Å². The fraction of sp³-hybridized carbons (Fsp3) is 0.500. The lowest BCUT2D eigenvalue weighted by Gasteiger charge is -2.22. The van der Waals surface area contributed by atoms with Crippen molar-refractivity contribution in [1.82, 2.24) is 0 Å². The largest absolute Gasteiger partial charge is 0.371 e. The van der Waals surface area contributed by atoms with E-state index in [-0.39, 0.29) is 5.78 Å². The predicted molar refractivity (Wildman–Crippen MR) is 67.4 cm³/mol. The molecule has 1 aromatic rings. The van der Waals surface area contributed by atoms with Crippen molar-refractivity contribution in [2.45, 2.75) is 32.4 Å². The van der Waals surface area contributed by atoms with Crippen molar-refractivity contribution in [2.75, 3.05) is 18.0 Å². The molecular formula is C14H18FNO. The van der Waals surface area contributed by atoms with Crippen molar-refractivity contribution in [3.63, 3.8) is 0 Å². The number of carbonyl (C=O) groups is 1. The Labute approximate surface area is 101 Å². The van der Waals surface area contributed by atoms with Crippen molar-refractivity contribution in [3.05, 3.63) is 29.8 Å². The molecule has 0 spiro atoms. The third kappa shape index (κ3) is 3.05. The van der Waals surface area contributed by atoms with Gasteiger partial charge in [0.15, 0.2) is 5.78 Å². The van der Waals surface area contributed by atoms with E-state index < -0.39 is 6.17 Å². The number of rotatable bonds is 2. The maximum absolute atomic E-state index is 13.3. The number of nitrogens with zero attached hydrogens (tertiary/aromatic N) is 1. The fourth-order valence-electron chi connectivity index (χ4n) is 2.24. The van der Waals surface area contributed by atoms with Gasteiger partial charge in [-0.2, -0.15) is 0 Å². The van der Waals surface area contributed by atoms with E-state index in [0.29, 0.717) is 12.8 Å². The summed E-state index contributed by atoms with van der Waals surface area (Å²) in [6, 6.07) is 7.61. The summed E-state index contributed by atoms with van der Waals surface area (Å²) in [5.41, 5.74) is 1.76. The van der Waals surface area contributed by atoms with Crippen LogP contribution in [-0.2, 0) is 0 Å². The second-order valence-electron chi connectivity index (χ2n) is 4.62. The summed E-state index contributed by atoms with van der Waals surface area (Å²) in [6.45, 7) is 3.18. The van der Waals surface area contributed by atoms with Gasteiger partial charge in [0.2, 0.25) is 0 Å². The number of carbonyl (C=O) groups excluding carboxylic acids is 1. The maximum atomic E-state index is 13.3. The van der Waals surface area contributed by atoms with E-state index in [1.807, 2.05) is 24.3 Å². The summed E-state index contributed by atoms with van der Waals surface area (Å²) in [5.74, 6) is 0.0741. The number of benzene rings is 1. The van der Waals surface area contributed by atoms with Gasteiger partial charge < -0.3 is 4.90 Å². The van der Waals surface area contributed by atoms with Crippen molar-refractivity contribution in [2.24, 2.45) is 0 Å². The molecule has 1 unspecified atom stereocenters. The number of Topliss-reactive ketones (excluding diaryl/α,β-unsaturated/α-hetero) is 1. The van der Waals surface area contributed by atoms with E-state index in [2.05, 4.69) is 4.90 Å². The third-order valence-corrected chi connectivity index (χ3v) is 3.28. The molecule has 0 saturated carbocycles. The van der Waals surface area contributed by atoms with Gasteiger partial charge in [0.1, 0.15) is 6.17 Å². The molecule has 1 saturated heterocycles. The molecule has 2 rings (SSSR count). The Balaban J connectivity index is 2.15. The Bertz CT molecular complexity index is 405. The normalized spacial score (nSPS) is 21.1. The van der Waals surface area contributed by atoms with Crippen LogP contribution in [0.3, 0.4) is 0 Å². The van der Waals surface area contributed by atoms with Gasteiger partial charge in [-0.1, -0.05) is 12.1 Å². The highest BCUT2D eigenvalue weighted by atomic mass is 19.1. The highest BCUT2D eigenvalue weighted by molar-refractivity contribution is 5.94. The molecule has 0 radical (unpaired) electrons. The second-order valence-corrected chi connectivity index (χ2v) is 4.62. The van der Waals surface area contributed by atoms with Gasteiger partial charge in [0, 0.05) is 24.3 Å². The Kier molecular flexibility index (Phi) is 3.77. The molecule has 1 heterocycles. The van der Waals surface area contributed by atoms with Gasteiger partial charge in [-0.3, -0.25) is 4.79 Å². The van der Waals surface area contributed by atoms with E-state index in [4.69, 9.17) is 0 Å². The Hall–Kier alpha value is -1.38. The first-order chi connectivity index (χ1) is 8.16. The number of halogens is 1. The van der Waals surface area contributed by atoms with Gasteiger partial charge >= 0.3 is 0 Å². The average molecular weight is 235 g/mol. The molecule has 2 nitrogen and oxygen atoms in total. The van der Waals surface area contributed by atoms with Crippen molar-refractivity contribution >= 4 is 11.5 Å². The number of hydrogen-bond acceptors (Lipinski definition) is 2. The quantitative estimate of drug-likeness (QED) is 0.734. The molecule has 1 atom stereocenters. The number of alkyl halides is 1. The Morgan fingerprint density at radius 1 is 1.35 bits per heavy atom. The lowest BCUT2D eigenvalue weighted by Crippen LogP contribution is -2.24. The minimum absolute atomic E-state index is 0.0741. The van der Waals surface area contributed by atoms with Crippen molar-refractivity contribution < 1.29 is 9.18 Å². The summed E-state index contributed by atoms with van der Waals surface area (Å²) >= 11 is 0. The van der Waals surface area contributed by atoms with E-state index in [1.165, 1.54) is 0 Å². The second kappa shape index (κ2) is 5.30. The van der Waals surface area contributed by atoms with Crippen LogP contribution in [0.5, 0.6) is 0 Å². The number of anilines is 1. The summed E-state index contributed by atoms with van der Waals surface area (Å²) in [5, 5.41) is 0. The van der Waals surface area contributed by atoms with Crippen LogP contribution < -0.4 is 4.90 Å². The van der Waals surface area contributed by atoms with E-state index in [0.717, 1.165) is 30.8 Å². The molecule has 1 aliphatic rings. The molecule has 17 heavy (non-hydrogen) atoms. The Morgan fingerprint density at radius 2 is 2.18 bits per heavy atom. The number of hydrogen-bond donors (Lipinski definition) is 0. The standard InChI is InChI=1S/C14H18FNO/c1-11(17)12-4-2-6-14(10-12)16-8-3-5-13(15)7-9-16/h2,4,6,10,13H,3,5,7-9H2,1H3. The first-order valence-electron chi connectivity index (χ1n) is 6.17. The minimum atomic E-state index is -0.670. The van der Waals surface area contributed by atoms with E-state index >= 15 is 0 Å². The highest BCUT2D eigenvalue weighted by Gasteiger charge is 2.16. The van der Waals surface area contributed by atoms with Crippen molar-refractivity contribution in [3.8, 4) is 0 Å². The van der Waals surface area contributed by atoms with Crippen LogP contribution >= 0.6 is 0 Å². The molecule has 0 bridgehead atoms. The van der Waals surface area contributed by atoms with Crippen LogP contribution in [0, 0.1) is 0 Å². The molecule has 3 heteroatoms. The lowest BCUT2D eigenvalue weighted by atomic mass is 10.1. The number of ketones is 1. The van der Waals surface area contributed by atoms with E-state index in [9.17, 15) is 9.18 Å². The summed E-state index contributed by atoms with van der Waals surface area (Å²) in [7, 11) is 0. The monoisotopic (exact) mass is 235 g/mol.